The number of halogens is 1. The molecule has 0 fully saturated rings. The molecule has 108 valence electrons. The number of rotatable bonds is 4. The largest absolute Gasteiger partial charge is 0.507 e. The minimum Gasteiger partial charge on any atom is -0.507 e. The molecule has 1 amide bonds. The Morgan fingerprint density at radius 1 is 1.29 bits per heavy atom. The average molecular weight is 305 g/mol. The zero-order valence-electron chi connectivity index (χ0n) is 11.2. The van der Waals surface area contributed by atoms with Crippen molar-refractivity contribution in [1.82, 2.24) is 5.43 Å². The van der Waals surface area contributed by atoms with Crippen LogP contribution in [-0.4, -0.2) is 24.3 Å². The van der Waals surface area contributed by atoms with Gasteiger partial charge in [-0.05, 0) is 48.0 Å². The van der Waals surface area contributed by atoms with E-state index in [4.69, 9.17) is 16.3 Å². The number of hydrogen-bond donors (Lipinski definition) is 2. The average Bonchev–Trinajstić information content (AvgIpc) is 2.50. The standard InChI is InChI=1S/C15H13ClN2O3/c1-21-12-5-2-10(3-6-12)9-17-18-15(20)13-8-11(16)4-7-14(13)19/h2-9,19H,1H3,(H,18,20). The van der Waals surface area contributed by atoms with E-state index in [2.05, 4.69) is 10.5 Å². The summed E-state index contributed by atoms with van der Waals surface area (Å²) in [7, 11) is 1.58. The first-order valence-electron chi connectivity index (χ1n) is 6.06. The maximum Gasteiger partial charge on any atom is 0.275 e. The summed E-state index contributed by atoms with van der Waals surface area (Å²) < 4.78 is 5.04. The Labute approximate surface area is 126 Å². The second-order valence-corrected chi connectivity index (χ2v) is 4.57. The molecule has 2 N–H and O–H groups in total. The second kappa shape index (κ2) is 6.76. The van der Waals surface area contributed by atoms with Gasteiger partial charge in [-0.25, -0.2) is 5.43 Å². The van der Waals surface area contributed by atoms with Crippen molar-refractivity contribution < 1.29 is 14.6 Å². The number of nitrogens with zero attached hydrogens (tertiary/aromatic N) is 1. The molecule has 0 saturated carbocycles. The number of benzene rings is 2. The number of amides is 1. The Morgan fingerprint density at radius 3 is 2.67 bits per heavy atom. The fraction of sp³-hybridized carbons (Fsp3) is 0.0667. The monoisotopic (exact) mass is 304 g/mol. The lowest BCUT2D eigenvalue weighted by Crippen LogP contribution is -2.17. The number of aromatic hydroxyl groups is 1. The minimum absolute atomic E-state index is 0.0642. The van der Waals surface area contributed by atoms with E-state index in [0.29, 0.717) is 5.02 Å². The van der Waals surface area contributed by atoms with E-state index >= 15 is 0 Å². The highest BCUT2D eigenvalue weighted by Gasteiger charge is 2.10. The van der Waals surface area contributed by atoms with E-state index in [0.717, 1.165) is 11.3 Å². The van der Waals surface area contributed by atoms with E-state index in [9.17, 15) is 9.90 Å². The van der Waals surface area contributed by atoms with E-state index in [1.54, 1.807) is 31.4 Å². The van der Waals surface area contributed by atoms with Crippen LogP contribution in [0.15, 0.2) is 47.6 Å². The number of hydrazone groups is 1. The predicted molar refractivity (Wildman–Crippen MR) is 81.2 cm³/mol. The van der Waals surface area contributed by atoms with Gasteiger partial charge >= 0.3 is 0 Å². The molecule has 5 nitrogen and oxygen atoms in total. The Hall–Kier alpha value is -2.53. The topological polar surface area (TPSA) is 70.9 Å². The Kier molecular flexibility index (Phi) is 4.79. The smallest absolute Gasteiger partial charge is 0.275 e. The molecule has 0 radical (unpaired) electrons. The van der Waals surface area contributed by atoms with Crippen molar-refractivity contribution >= 4 is 23.7 Å². The molecule has 0 saturated heterocycles. The van der Waals surface area contributed by atoms with Gasteiger partial charge in [0, 0.05) is 5.02 Å². The van der Waals surface area contributed by atoms with Crippen LogP contribution in [0.5, 0.6) is 11.5 Å². The molecule has 0 aromatic heterocycles. The zero-order valence-corrected chi connectivity index (χ0v) is 12.0. The Bertz CT molecular complexity index is 669. The highest BCUT2D eigenvalue weighted by Crippen LogP contribution is 2.21. The van der Waals surface area contributed by atoms with E-state index in [-0.39, 0.29) is 11.3 Å². The SMILES string of the molecule is COc1ccc(C=NNC(=O)c2cc(Cl)ccc2O)cc1. The Morgan fingerprint density at radius 2 is 2.00 bits per heavy atom. The lowest BCUT2D eigenvalue weighted by Gasteiger charge is -2.03. The van der Waals surface area contributed by atoms with Gasteiger partial charge in [0.2, 0.25) is 0 Å². The van der Waals surface area contributed by atoms with Crippen LogP contribution >= 0.6 is 11.6 Å². The van der Waals surface area contributed by atoms with Crippen LogP contribution in [0.3, 0.4) is 0 Å². The van der Waals surface area contributed by atoms with Gasteiger partial charge in [0.15, 0.2) is 0 Å². The molecule has 2 aromatic rings. The molecule has 2 rings (SSSR count). The van der Waals surface area contributed by atoms with Gasteiger partial charge in [0.1, 0.15) is 11.5 Å². The summed E-state index contributed by atoms with van der Waals surface area (Å²) in [5.41, 5.74) is 3.19. The summed E-state index contributed by atoms with van der Waals surface area (Å²) in [6, 6.07) is 11.4. The molecule has 0 heterocycles. The van der Waals surface area contributed by atoms with Crippen molar-refractivity contribution in [3.63, 3.8) is 0 Å². The van der Waals surface area contributed by atoms with Gasteiger partial charge in [0.25, 0.3) is 5.91 Å². The molecule has 6 heteroatoms. The zero-order chi connectivity index (χ0) is 15.2. The van der Waals surface area contributed by atoms with Gasteiger partial charge in [0.05, 0.1) is 18.9 Å². The second-order valence-electron chi connectivity index (χ2n) is 4.13. The fourth-order valence-electron chi connectivity index (χ4n) is 1.61. The van der Waals surface area contributed by atoms with Gasteiger partial charge in [-0.1, -0.05) is 11.6 Å². The summed E-state index contributed by atoms with van der Waals surface area (Å²) in [6.45, 7) is 0. The van der Waals surface area contributed by atoms with Crippen molar-refractivity contribution in [3.8, 4) is 11.5 Å². The normalized spacial score (nSPS) is 10.6. The molecule has 0 atom stereocenters. The molecule has 0 spiro atoms. The molecular formula is C15H13ClN2O3. The molecule has 0 bridgehead atoms. The highest BCUT2D eigenvalue weighted by atomic mass is 35.5. The van der Waals surface area contributed by atoms with Crippen molar-refractivity contribution in [2.24, 2.45) is 5.10 Å². The molecular weight excluding hydrogens is 292 g/mol. The van der Waals surface area contributed by atoms with Gasteiger partial charge < -0.3 is 9.84 Å². The number of hydrogen-bond acceptors (Lipinski definition) is 4. The number of nitrogens with one attached hydrogen (secondary N) is 1. The van der Waals surface area contributed by atoms with E-state index in [1.165, 1.54) is 24.4 Å². The third-order valence-corrected chi connectivity index (χ3v) is 2.93. The van der Waals surface area contributed by atoms with E-state index in [1.807, 2.05) is 0 Å². The quantitative estimate of drug-likeness (QED) is 0.674. The van der Waals surface area contributed by atoms with Gasteiger partial charge in [-0.15, -0.1) is 0 Å². The number of phenols is 1. The molecule has 0 aliphatic carbocycles. The third kappa shape index (κ3) is 3.97. The van der Waals surface area contributed by atoms with Gasteiger partial charge in [-0.3, -0.25) is 4.79 Å². The molecule has 21 heavy (non-hydrogen) atoms. The first kappa shape index (κ1) is 14.9. The number of methoxy groups -OCH3 is 1. The van der Waals surface area contributed by atoms with Crippen LogP contribution in [0.1, 0.15) is 15.9 Å². The molecule has 0 unspecified atom stereocenters. The maximum atomic E-state index is 11.8. The van der Waals surface area contributed by atoms with E-state index < -0.39 is 5.91 Å². The summed E-state index contributed by atoms with van der Waals surface area (Å²) in [5.74, 6) is 0.0383. The van der Waals surface area contributed by atoms with Crippen LogP contribution in [0, 0.1) is 0 Å². The number of phenolic OH excluding ortho intramolecular Hbond substituents is 1. The third-order valence-electron chi connectivity index (χ3n) is 2.70. The first-order valence-corrected chi connectivity index (χ1v) is 6.44. The molecule has 0 aliphatic rings. The van der Waals surface area contributed by atoms with Crippen molar-refractivity contribution in [2.45, 2.75) is 0 Å². The van der Waals surface area contributed by atoms with Crippen LogP contribution in [0.25, 0.3) is 0 Å². The first-order chi connectivity index (χ1) is 10.1. The minimum atomic E-state index is -0.542. The lowest BCUT2D eigenvalue weighted by molar-refractivity contribution is 0.0952. The lowest BCUT2D eigenvalue weighted by atomic mass is 10.2. The van der Waals surface area contributed by atoms with Crippen LogP contribution in [0.2, 0.25) is 5.02 Å². The summed E-state index contributed by atoms with van der Waals surface area (Å²) in [5, 5.41) is 13.8. The van der Waals surface area contributed by atoms with Crippen LogP contribution in [-0.2, 0) is 0 Å². The van der Waals surface area contributed by atoms with Gasteiger partial charge in [-0.2, -0.15) is 5.10 Å². The number of carbonyl (C=O) groups excluding carboxylic acids is 1. The summed E-state index contributed by atoms with van der Waals surface area (Å²) in [6.07, 6.45) is 1.49. The van der Waals surface area contributed by atoms with Crippen LogP contribution in [0.4, 0.5) is 0 Å². The predicted octanol–water partition coefficient (Wildman–Crippen LogP) is 2.82. The van der Waals surface area contributed by atoms with Crippen molar-refractivity contribution in [2.75, 3.05) is 7.11 Å². The Balaban J connectivity index is 2.02. The molecule has 2 aromatic carbocycles. The maximum absolute atomic E-state index is 11.8. The summed E-state index contributed by atoms with van der Waals surface area (Å²) >= 11 is 5.78. The van der Waals surface area contributed by atoms with Crippen molar-refractivity contribution in [3.05, 3.63) is 58.6 Å². The number of carbonyl (C=O) groups is 1. The van der Waals surface area contributed by atoms with Crippen LogP contribution < -0.4 is 10.2 Å². The summed E-state index contributed by atoms with van der Waals surface area (Å²) in [4.78, 5) is 11.8. The highest BCUT2D eigenvalue weighted by molar-refractivity contribution is 6.31. The molecule has 0 aliphatic heterocycles. The number of ether oxygens (including phenoxy) is 1. The fourth-order valence-corrected chi connectivity index (χ4v) is 1.78. The van der Waals surface area contributed by atoms with Crippen molar-refractivity contribution in [1.29, 1.82) is 0 Å².